The summed E-state index contributed by atoms with van der Waals surface area (Å²) in [6.07, 6.45) is 2.93. The molecule has 0 bridgehead atoms. The molecule has 1 aromatic rings. The topological polar surface area (TPSA) is 76.5 Å². The lowest BCUT2D eigenvalue weighted by Crippen LogP contribution is -2.32. The Hall–Kier alpha value is -1.62. The second kappa shape index (κ2) is 4.49. The van der Waals surface area contributed by atoms with Gasteiger partial charge in [0.25, 0.3) is 5.91 Å². The van der Waals surface area contributed by atoms with Crippen molar-refractivity contribution in [1.82, 2.24) is 4.90 Å². The summed E-state index contributed by atoms with van der Waals surface area (Å²) < 4.78 is 5.66. The fourth-order valence-corrected chi connectivity index (χ4v) is 2.97. The Morgan fingerprint density at radius 2 is 2.21 bits per heavy atom. The number of furan rings is 1. The van der Waals surface area contributed by atoms with Gasteiger partial charge in [0.1, 0.15) is 5.76 Å². The smallest absolute Gasteiger partial charge is 0.289 e. The van der Waals surface area contributed by atoms with Crippen LogP contribution in [-0.2, 0) is 6.42 Å². The van der Waals surface area contributed by atoms with Crippen LogP contribution in [0.5, 0.6) is 0 Å². The van der Waals surface area contributed by atoms with Crippen LogP contribution in [0.25, 0.3) is 0 Å². The first-order valence-corrected chi connectivity index (χ1v) is 6.78. The molecule has 5 heteroatoms. The third-order valence-corrected chi connectivity index (χ3v) is 4.01. The first-order chi connectivity index (χ1) is 9.08. The molecule has 1 aromatic heterocycles. The summed E-state index contributed by atoms with van der Waals surface area (Å²) in [4.78, 5) is 26.0. The summed E-state index contributed by atoms with van der Waals surface area (Å²) in [5.41, 5.74) is 7.16. The van der Waals surface area contributed by atoms with E-state index in [-0.39, 0.29) is 17.7 Å². The van der Waals surface area contributed by atoms with Gasteiger partial charge in [-0.1, -0.05) is 0 Å². The zero-order valence-corrected chi connectivity index (χ0v) is 11.1. The molecule has 1 aliphatic carbocycles. The van der Waals surface area contributed by atoms with Crippen molar-refractivity contribution in [3.63, 3.8) is 0 Å². The van der Waals surface area contributed by atoms with E-state index in [1.165, 1.54) is 0 Å². The molecule has 1 aliphatic heterocycles. The molecule has 0 radical (unpaired) electrons. The molecule has 1 atom stereocenters. The molecule has 2 heterocycles. The van der Waals surface area contributed by atoms with Gasteiger partial charge in [-0.3, -0.25) is 9.59 Å². The zero-order chi connectivity index (χ0) is 13.6. The molecule has 0 spiro atoms. The molecular formula is C14H18N2O3. The third-order valence-electron chi connectivity index (χ3n) is 4.01. The van der Waals surface area contributed by atoms with Crippen LogP contribution >= 0.6 is 0 Å². The van der Waals surface area contributed by atoms with Crippen molar-refractivity contribution >= 4 is 11.7 Å². The molecule has 102 valence electrons. The number of carbonyl (C=O) groups is 2. The summed E-state index contributed by atoms with van der Waals surface area (Å²) >= 11 is 0. The number of likely N-dealkylation sites (tertiary alicyclic amines) is 1. The van der Waals surface area contributed by atoms with Crippen molar-refractivity contribution < 1.29 is 14.0 Å². The van der Waals surface area contributed by atoms with Crippen molar-refractivity contribution in [3.05, 3.63) is 22.6 Å². The molecule has 0 aromatic carbocycles. The minimum Gasteiger partial charge on any atom is -0.455 e. The van der Waals surface area contributed by atoms with Crippen molar-refractivity contribution in [2.24, 2.45) is 5.73 Å². The number of ketones is 1. The highest BCUT2D eigenvalue weighted by atomic mass is 16.4. The molecule has 1 fully saturated rings. The highest BCUT2D eigenvalue weighted by Crippen LogP contribution is 2.30. The van der Waals surface area contributed by atoms with Crippen LogP contribution in [0, 0.1) is 6.92 Å². The summed E-state index contributed by atoms with van der Waals surface area (Å²) in [7, 11) is 0. The number of nitrogens with two attached hydrogens (primary N) is 1. The van der Waals surface area contributed by atoms with E-state index in [0.29, 0.717) is 42.2 Å². The fraction of sp³-hybridized carbons (Fsp3) is 0.571. The van der Waals surface area contributed by atoms with Gasteiger partial charge >= 0.3 is 0 Å². The summed E-state index contributed by atoms with van der Waals surface area (Å²) in [6, 6.07) is 0.0514. The number of amides is 1. The average Bonchev–Trinajstić information content (AvgIpc) is 2.94. The Labute approximate surface area is 111 Å². The highest BCUT2D eigenvalue weighted by Gasteiger charge is 2.32. The first-order valence-electron chi connectivity index (χ1n) is 6.78. The normalized spacial score (nSPS) is 22.7. The van der Waals surface area contributed by atoms with E-state index in [4.69, 9.17) is 10.2 Å². The quantitative estimate of drug-likeness (QED) is 0.827. The van der Waals surface area contributed by atoms with Crippen LogP contribution in [-0.4, -0.2) is 35.7 Å². The number of carbonyl (C=O) groups excluding carboxylic acids is 2. The number of hydrogen-bond donors (Lipinski definition) is 1. The van der Waals surface area contributed by atoms with Crippen LogP contribution in [0.15, 0.2) is 4.42 Å². The van der Waals surface area contributed by atoms with Gasteiger partial charge in [0.15, 0.2) is 11.5 Å². The zero-order valence-electron chi connectivity index (χ0n) is 11.1. The fourth-order valence-electron chi connectivity index (χ4n) is 2.97. The lowest BCUT2D eigenvalue weighted by atomic mass is 9.94. The van der Waals surface area contributed by atoms with Gasteiger partial charge in [0, 0.05) is 37.5 Å². The lowest BCUT2D eigenvalue weighted by Gasteiger charge is -2.14. The molecule has 1 saturated heterocycles. The Morgan fingerprint density at radius 1 is 1.42 bits per heavy atom. The van der Waals surface area contributed by atoms with Crippen LogP contribution < -0.4 is 5.73 Å². The van der Waals surface area contributed by atoms with E-state index >= 15 is 0 Å². The maximum absolute atomic E-state index is 12.4. The average molecular weight is 262 g/mol. The van der Waals surface area contributed by atoms with Gasteiger partial charge in [-0.2, -0.15) is 0 Å². The van der Waals surface area contributed by atoms with Crippen molar-refractivity contribution in [2.75, 3.05) is 13.1 Å². The van der Waals surface area contributed by atoms with Gasteiger partial charge in [-0.05, 0) is 19.8 Å². The van der Waals surface area contributed by atoms with Gasteiger partial charge in [0.2, 0.25) is 0 Å². The van der Waals surface area contributed by atoms with Crippen LogP contribution in [0.2, 0.25) is 0 Å². The standard InChI is InChI=1S/C14H18N2O3/c1-8-12-10(17)3-2-4-11(12)19-13(8)14(18)16-6-5-9(15)7-16/h9H,2-7,15H2,1H3/t9-/m1/s1. The molecule has 3 rings (SSSR count). The highest BCUT2D eigenvalue weighted by molar-refractivity contribution is 6.03. The maximum atomic E-state index is 12.4. The molecule has 19 heavy (non-hydrogen) atoms. The monoisotopic (exact) mass is 262 g/mol. The van der Waals surface area contributed by atoms with Gasteiger partial charge in [-0.25, -0.2) is 0 Å². The Morgan fingerprint density at radius 3 is 2.84 bits per heavy atom. The second-order valence-corrected chi connectivity index (χ2v) is 5.43. The van der Waals surface area contributed by atoms with Gasteiger partial charge in [0.05, 0.1) is 5.56 Å². The van der Waals surface area contributed by atoms with Crippen molar-refractivity contribution in [2.45, 2.75) is 38.6 Å². The van der Waals surface area contributed by atoms with E-state index in [9.17, 15) is 9.59 Å². The number of aryl methyl sites for hydroxylation is 1. The number of hydrogen-bond acceptors (Lipinski definition) is 4. The molecular weight excluding hydrogens is 244 g/mol. The first kappa shape index (κ1) is 12.4. The summed E-state index contributed by atoms with van der Waals surface area (Å²) in [6.45, 7) is 3.03. The molecule has 0 saturated carbocycles. The van der Waals surface area contributed by atoms with Crippen LogP contribution in [0.1, 0.15) is 51.5 Å². The molecule has 0 unspecified atom stereocenters. The largest absolute Gasteiger partial charge is 0.455 e. The van der Waals surface area contributed by atoms with E-state index in [1.54, 1.807) is 11.8 Å². The predicted molar refractivity (Wildman–Crippen MR) is 69.2 cm³/mol. The molecule has 5 nitrogen and oxygen atoms in total. The second-order valence-electron chi connectivity index (χ2n) is 5.43. The van der Waals surface area contributed by atoms with Crippen molar-refractivity contribution in [3.8, 4) is 0 Å². The van der Waals surface area contributed by atoms with Crippen molar-refractivity contribution in [1.29, 1.82) is 0 Å². The molecule has 1 amide bonds. The number of nitrogens with zero attached hydrogens (tertiary/aromatic N) is 1. The minimum atomic E-state index is -0.132. The summed E-state index contributed by atoms with van der Waals surface area (Å²) in [5, 5.41) is 0. The Balaban J connectivity index is 1.93. The van der Waals surface area contributed by atoms with Gasteiger partial charge < -0.3 is 15.1 Å². The van der Waals surface area contributed by atoms with Crippen LogP contribution in [0.4, 0.5) is 0 Å². The van der Waals surface area contributed by atoms with Crippen LogP contribution in [0.3, 0.4) is 0 Å². The minimum absolute atomic E-state index is 0.0514. The Bertz CT molecular complexity index is 547. The molecule has 2 N–H and O–H groups in total. The van der Waals surface area contributed by atoms with E-state index in [0.717, 1.165) is 19.3 Å². The summed E-state index contributed by atoms with van der Waals surface area (Å²) in [5.74, 6) is 0.974. The number of rotatable bonds is 1. The number of Topliss-reactive ketones (excluding diaryl/α,β-unsaturated/α-hetero) is 1. The van der Waals surface area contributed by atoms with E-state index in [1.807, 2.05) is 0 Å². The molecule has 2 aliphatic rings. The number of fused-ring (bicyclic) bond motifs is 1. The Kier molecular flexibility index (Phi) is 2.93. The predicted octanol–water partition coefficient (Wildman–Crippen LogP) is 1.28. The van der Waals surface area contributed by atoms with E-state index in [2.05, 4.69) is 0 Å². The van der Waals surface area contributed by atoms with Gasteiger partial charge in [-0.15, -0.1) is 0 Å². The SMILES string of the molecule is Cc1c(C(=O)N2CC[C@@H](N)C2)oc2c1C(=O)CCC2. The maximum Gasteiger partial charge on any atom is 0.289 e. The third kappa shape index (κ3) is 1.98. The lowest BCUT2D eigenvalue weighted by molar-refractivity contribution is 0.0755. The van der Waals surface area contributed by atoms with E-state index < -0.39 is 0 Å².